The van der Waals surface area contributed by atoms with Crippen LogP contribution in [0.1, 0.15) is 53.0 Å². The fourth-order valence-corrected chi connectivity index (χ4v) is 3.15. The van der Waals surface area contributed by atoms with Gasteiger partial charge in [-0.15, -0.1) is 0 Å². The third-order valence-corrected chi connectivity index (χ3v) is 4.59. The zero-order chi connectivity index (χ0) is 15.8. The van der Waals surface area contributed by atoms with Crippen LogP contribution in [0.25, 0.3) is 0 Å². The molecule has 2 fully saturated rings. The van der Waals surface area contributed by atoms with E-state index in [1.54, 1.807) is 11.9 Å². The lowest BCUT2D eigenvalue weighted by atomic mass is 10.00. The van der Waals surface area contributed by atoms with Crippen molar-refractivity contribution in [3.05, 3.63) is 29.7 Å². The molecule has 0 aromatic carbocycles. The minimum Gasteiger partial charge on any atom is -0.376 e. The fraction of sp³-hybridized carbons (Fsp3) is 0.600. The van der Waals surface area contributed by atoms with E-state index in [1.807, 2.05) is 0 Å². The lowest BCUT2D eigenvalue weighted by Gasteiger charge is -2.23. The number of ether oxygens (including phenoxy) is 1. The maximum absolute atomic E-state index is 12.7. The molecule has 0 radical (unpaired) electrons. The molecule has 122 valence electrons. The van der Waals surface area contributed by atoms with Crippen LogP contribution in [0.4, 0.5) is 0 Å². The van der Waals surface area contributed by atoms with E-state index >= 15 is 0 Å². The Morgan fingerprint density at radius 3 is 3.04 bits per heavy atom. The summed E-state index contributed by atoms with van der Waals surface area (Å²) < 4.78 is 10.8. The molecule has 1 amide bonds. The van der Waals surface area contributed by atoms with Gasteiger partial charge in [0.1, 0.15) is 24.0 Å². The van der Waals surface area contributed by atoms with Crippen LogP contribution < -0.4 is 0 Å². The van der Waals surface area contributed by atoms with Crippen molar-refractivity contribution >= 4 is 5.91 Å². The number of hydrogen-bond acceptors (Lipinski definition) is 6. The molecule has 1 saturated carbocycles. The van der Waals surface area contributed by atoms with E-state index in [1.165, 1.54) is 12.6 Å². The highest BCUT2D eigenvalue weighted by Gasteiger charge is 2.36. The average Bonchev–Trinajstić information content (AvgIpc) is 3.02. The number of likely N-dealkylation sites (N-methyl/N-ethyl adjacent to an activating group) is 1. The second-order valence-corrected chi connectivity index (χ2v) is 6.25. The van der Waals surface area contributed by atoms with Crippen LogP contribution >= 0.6 is 0 Å². The van der Waals surface area contributed by atoms with Gasteiger partial charge in [0.15, 0.2) is 0 Å². The Bertz CT molecular complexity index is 679. The summed E-state index contributed by atoms with van der Waals surface area (Å²) in [6.07, 6.45) is 5.91. The van der Waals surface area contributed by atoms with Crippen molar-refractivity contribution < 1.29 is 14.1 Å². The summed E-state index contributed by atoms with van der Waals surface area (Å²) in [5.74, 6) is 1.26. The molecule has 4 rings (SSSR count). The van der Waals surface area contributed by atoms with E-state index in [0.717, 1.165) is 30.8 Å². The van der Waals surface area contributed by atoms with Crippen molar-refractivity contribution in [1.82, 2.24) is 25.2 Å². The molecule has 0 unspecified atom stereocenters. The Hall–Kier alpha value is -2.22. The van der Waals surface area contributed by atoms with Crippen LogP contribution in [0.5, 0.6) is 0 Å². The van der Waals surface area contributed by atoms with Gasteiger partial charge < -0.3 is 14.2 Å². The first-order chi connectivity index (χ1) is 11.2. The number of amides is 1. The van der Waals surface area contributed by atoms with Gasteiger partial charge in [-0.1, -0.05) is 5.16 Å². The lowest BCUT2D eigenvalue weighted by Crippen LogP contribution is -2.36. The van der Waals surface area contributed by atoms with Crippen LogP contribution in [-0.2, 0) is 4.74 Å². The molecule has 23 heavy (non-hydrogen) atoms. The largest absolute Gasteiger partial charge is 0.376 e. The first kappa shape index (κ1) is 14.4. The summed E-state index contributed by atoms with van der Waals surface area (Å²) in [6, 6.07) is 0. The van der Waals surface area contributed by atoms with Gasteiger partial charge in [0.2, 0.25) is 0 Å². The highest BCUT2D eigenvalue weighted by Crippen LogP contribution is 2.41. The third-order valence-electron chi connectivity index (χ3n) is 4.59. The Labute approximate surface area is 133 Å². The summed E-state index contributed by atoms with van der Waals surface area (Å²) in [6.45, 7) is 1.16. The van der Waals surface area contributed by atoms with Crippen molar-refractivity contribution in [2.45, 2.75) is 37.2 Å². The van der Waals surface area contributed by atoms with Gasteiger partial charge in [-0.05, 0) is 19.3 Å². The number of H-pyrrole nitrogens is 1. The molecule has 8 nitrogen and oxygen atoms in total. The number of aromatic amines is 1. The average molecular weight is 317 g/mol. The zero-order valence-electron chi connectivity index (χ0n) is 12.9. The SMILES string of the molecule is CN(C[C@H]1OCC[C@H]1c1ncn[nH]1)C(=O)c1conc1C1CC1. The molecule has 8 heteroatoms. The second-order valence-electron chi connectivity index (χ2n) is 6.25. The maximum atomic E-state index is 12.7. The summed E-state index contributed by atoms with van der Waals surface area (Å²) in [7, 11) is 1.78. The number of nitrogens with zero attached hydrogens (tertiary/aromatic N) is 4. The topological polar surface area (TPSA) is 97.1 Å². The molecule has 2 aliphatic rings. The molecule has 2 aromatic heterocycles. The molecule has 1 aliphatic heterocycles. The maximum Gasteiger partial charge on any atom is 0.258 e. The molecular weight excluding hydrogens is 298 g/mol. The smallest absolute Gasteiger partial charge is 0.258 e. The van der Waals surface area contributed by atoms with Gasteiger partial charge in [0.25, 0.3) is 5.91 Å². The standard InChI is InChI=1S/C15H19N5O3/c1-20(15(21)11-7-23-19-13(11)9-2-3-9)6-12-10(4-5-22-12)14-16-8-17-18-14/h7-10,12H,2-6H2,1H3,(H,16,17,18)/t10-,12-/m1/s1. The van der Waals surface area contributed by atoms with Gasteiger partial charge in [-0.2, -0.15) is 5.10 Å². The van der Waals surface area contributed by atoms with Crippen LogP contribution in [0.2, 0.25) is 0 Å². The minimum atomic E-state index is -0.0823. The minimum absolute atomic E-state index is 0.0695. The van der Waals surface area contributed by atoms with Gasteiger partial charge in [0.05, 0.1) is 11.8 Å². The van der Waals surface area contributed by atoms with Crippen molar-refractivity contribution in [2.75, 3.05) is 20.2 Å². The Morgan fingerprint density at radius 1 is 1.43 bits per heavy atom. The summed E-state index contributed by atoms with van der Waals surface area (Å²) in [5, 5.41) is 10.8. The monoisotopic (exact) mass is 317 g/mol. The second kappa shape index (κ2) is 5.77. The van der Waals surface area contributed by atoms with Crippen molar-refractivity contribution in [3.8, 4) is 0 Å². The third kappa shape index (κ3) is 2.74. The first-order valence-electron chi connectivity index (χ1n) is 7.90. The number of carbonyl (C=O) groups is 1. The fourth-order valence-electron chi connectivity index (χ4n) is 3.15. The van der Waals surface area contributed by atoms with Crippen LogP contribution in [0, 0.1) is 0 Å². The van der Waals surface area contributed by atoms with Gasteiger partial charge in [-0.25, -0.2) is 4.98 Å². The highest BCUT2D eigenvalue weighted by atomic mass is 16.5. The molecule has 0 spiro atoms. The van der Waals surface area contributed by atoms with E-state index in [0.29, 0.717) is 24.6 Å². The van der Waals surface area contributed by atoms with E-state index in [9.17, 15) is 4.79 Å². The summed E-state index contributed by atoms with van der Waals surface area (Å²) in [5.41, 5.74) is 1.37. The predicted octanol–water partition coefficient (Wildman–Crippen LogP) is 1.31. The van der Waals surface area contributed by atoms with E-state index in [-0.39, 0.29) is 17.9 Å². The molecule has 2 aromatic rings. The summed E-state index contributed by atoms with van der Waals surface area (Å²) >= 11 is 0. The van der Waals surface area contributed by atoms with Crippen molar-refractivity contribution in [1.29, 1.82) is 0 Å². The zero-order valence-corrected chi connectivity index (χ0v) is 12.9. The number of carbonyl (C=O) groups excluding carboxylic acids is 1. The van der Waals surface area contributed by atoms with E-state index < -0.39 is 0 Å². The molecule has 0 bridgehead atoms. The van der Waals surface area contributed by atoms with Crippen molar-refractivity contribution in [2.24, 2.45) is 0 Å². The van der Waals surface area contributed by atoms with Crippen LogP contribution in [0.3, 0.4) is 0 Å². The molecular formula is C15H19N5O3. The first-order valence-corrected chi connectivity index (χ1v) is 7.90. The van der Waals surface area contributed by atoms with Gasteiger partial charge in [0, 0.05) is 32.0 Å². The van der Waals surface area contributed by atoms with E-state index in [2.05, 4.69) is 20.3 Å². The number of hydrogen-bond donors (Lipinski definition) is 1. The molecule has 3 heterocycles. The molecule has 1 saturated heterocycles. The number of nitrogens with one attached hydrogen (secondary N) is 1. The molecule has 2 atom stereocenters. The lowest BCUT2D eigenvalue weighted by molar-refractivity contribution is 0.0549. The Balaban J connectivity index is 1.45. The summed E-state index contributed by atoms with van der Waals surface area (Å²) in [4.78, 5) is 18.6. The van der Waals surface area contributed by atoms with Gasteiger partial charge in [-0.3, -0.25) is 9.89 Å². The normalized spacial score (nSPS) is 24.0. The van der Waals surface area contributed by atoms with Crippen LogP contribution in [-0.4, -0.2) is 57.4 Å². The highest BCUT2D eigenvalue weighted by molar-refractivity contribution is 5.95. The predicted molar refractivity (Wildman–Crippen MR) is 78.9 cm³/mol. The quantitative estimate of drug-likeness (QED) is 0.893. The van der Waals surface area contributed by atoms with Gasteiger partial charge >= 0.3 is 0 Å². The Morgan fingerprint density at radius 2 is 2.30 bits per heavy atom. The molecule has 1 aliphatic carbocycles. The number of aromatic nitrogens is 4. The van der Waals surface area contributed by atoms with Crippen LogP contribution in [0.15, 0.2) is 17.1 Å². The van der Waals surface area contributed by atoms with Crippen molar-refractivity contribution in [3.63, 3.8) is 0 Å². The van der Waals surface area contributed by atoms with E-state index in [4.69, 9.17) is 9.26 Å². The number of rotatable bonds is 5. The Kier molecular flexibility index (Phi) is 3.60. The molecule has 1 N–H and O–H groups in total.